The minimum absolute atomic E-state index is 0.101. The van der Waals surface area contributed by atoms with Gasteiger partial charge in [-0.25, -0.2) is 19.0 Å². The lowest BCUT2D eigenvalue weighted by Crippen LogP contribution is -2.27. The molecule has 0 atom stereocenters. The molecule has 2 N–H and O–H groups in total. The Bertz CT molecular complexity index is 735. The molecule has 0 bridgehead atoms. The van der Waals surface area contributed by atoms with E-state index in [4.69, 9.17) is 4.74 Å². The van der Waals surface area contributed by atoms with E-state index < -0.39 is 23.5 Å². The Hall–Kier alpha value is -2.48. The first kappa shape index (κ1) is 16.9. The second-order valence-electron chi connectivity index (χ2n) is 5.64. The van der Waals surface area contributed by atoms with Crippen LogP contribution in [0.15, 0.2) is 24.3 Å². The number of carboxylic acid groups (broad SMARTS) is 1. The first-order chi connectivity index (χ1) is 10.7. The normalized spacial score (nSPS) is 11.1. The summed E-state index contributed by atoms with van der Waals surface area (Å²) in [5.74, 6) is -1.73. The topological polar surface area (TPSA) is 88.5 Å². The maximum Gasteiger partial charge on any atom is 0.413 e. The Morgan fingerprint density at radius 3 is 2.39 bits per heavy atom. The highest BCUT2D eigenvalue weighted by atomic mass is 32.1. The molecule has 6 nitrogen and oxygen atoms in total. The van der Waals surface area contributed by atoms with Crippen LogP contribution < -0.4 is 5.32 Å². The van der Waals surface area contributed by atoms with Crippen LogP contribution in [0.3, 0.4) is 0 Å². The second kappa shape index (κ2) is 6.33. The predicted molar refractivity (Wildman–Crippen MR) is 84.3 cm³/mol. The van der Waals surface area contributed by atoms with Crippen LogP contribution in [0.25, 0.3) is 10.6 Å². The molecule has 1 aromatic carbocycles. The van der Waals surface area contributed by atoms with Crippen LogP contribution in [0.1, 0.15) is 30.4 Å². The number of amides is 1. The van der Waals surface area contributed by atoms with Gasteiger partial charge in [-0.1, -0.05) is 0 Å². The van der Waals surface area contributed by atoms with Crippen LogP contribution in [0.4, 0.5) is 15.0 Å². The first-order valence-electron chi connectivity index (χ1n) is 6.66. The number of aromatic carboxylic acids is 1. The predicted octanol–water partition coefficient (Wildman–Crippen LogP) is 3.99. The van der Waals surface area contributed by atoms with Crippen LogP contribution in [0.2, 0.25) is 0 Å². The highest BCUT2D eigenvalue weighted by Gasteiger charge is 2.23. The first-order valence-corrected chi connectivity index (χ1v) is 7.47. The van der Waals surface area contributed by atoms with Crippen LogP contribution in [0, 0.1) is 5.82 Å². The van der Waals surface area contributed by atoms with E-state index in [0.29, 0.717) is 10.6 Å². The van der Waals surface area contributed by atoms with Crippen molar-refractivity contribution in [1.29, 1.82) is 0 Å². The molecule has 8 heteroatoms. The van der Waals surface area contributed by atoms with Crippen molar-refractivity contribution in [2.75, 3.05) is 5.32 Å². The molecule has 2 aromatic rings. The standard InChI is InChI=1S/C15H15FN2O4S/c1-15(2,3)22-14(21)18-11-10(13(19)20)23-12(17-11)8-4-6-9(16)7-5-8/h4-7H,1-3H3,(H,18,21)(H,19,20). The van der Waals surface area contributed by atoms with Crippen LogP contribution in [-0.4, -0.2) is 27.8 Å². The number of anilines is 1. The van der Waals surface area contributed by atoms with Gasteiger partial charge in [0.25, 0.3) is 0 Å². The van der Waals surface area contributed by atoms with E-state index in [1.54, 1.807) is 20.8 Å². The number of carbonyl (C=O) groups excluding carboxylic acids is 1. The number of nitrogens with one attached hydrogen (secondary N) is 1. The molecule has 122 valence electrons. The third-order valence-electron chi connectivity index (χ3n) is 2.53. The van der Waals surface area contributed by atoms with Crippen LogP contribution in [0.5, 0.6) is 0 Å². The Labute approximate surface area is 135 Å². The molecule has 0 fully saturated rings. The van der Waals surface area contributed by atoms with Crippen molar-refractivity contribution in [2.45, 2.75) is 26.4 Å². The van der Waals surface area contributed by atoms with Gasteiger partial charge in [0.05, 0.1) is 0 Å². The zero-order valence-electron chi connectivity index (χ0n) is 12.7. The van der Waals surface area contributed by atoms with Crippen molar-refractivity contribution >= 4 is 29.2 Å². The number of nitrogens with zero attached hydrogens (tertiary/aromatic N) is 1. The van der Waals surface area contributed by atoms with Gasteiger partial charge < -0.3 is 9.84 Å². The number of aromatic nitrogens is 1. The fraction of sp³-hybridized carbons (Fsp3) is 0.267. The molecular formula is C15H15FN2O4S. The molecule has 23 heavy (non-hydrogen) atoms. The van der Waals surface area contributed by atoms with Gasteiger partial charge in [0.2, 0.25) is 0 Å². The monoisotopic (exact) mass is 338 g/mol. The van der Waals surface area contributed by atoms with Crippen molar-refractivity contribution in [1.82, 2.24) is 4.98 Å². The van der Waals surface area contributed by atoms with Gasteiger partial charge in [-0.15, -0.1) is 11.3 Å². The van der Waals surface area contributed by atoms with Crippen molar-refractivity contribution in [2.24, 2.45) is 0 Å². The Kier molecular flexibility index (Phi) is 4.65. The number of carbonyl (C=O) groups is 2. The lowest BCUT2D eigenvalue weighted by Gasteiger charge is -2.19. The number of benzene rings is 1. The number of rotatable bonds is 3. The van der Waals surface area contributed by atoms with Crippen molar-refractivity contribution in [3.63, 3.8) is 0 Å². The van der Waals surface area contributed by atoms with Gasteiger partial charge in [-0.05, 0) is 45.0 Å². The molecule has 0 aliphatic heterocycles. The minimum atomic E-state index is -1.22. The Balaban J connectivity index is 2.30. The van der Waals surface area contributed by atoms with Gasteiger partial charge in [0.15, 0.2) is 10.7 Å². The molecule has 0 aliphatic rings. The fourth-order valence-electron chi connectivity index (χ4n) is 1.67. The zero-order valence-corrected chi connectivity index (χ0v) is 13.5. The van der Waals surface area contributed by atoms with Crippen LogP contribution in [-0.2, 0) is 4.74 Å². The summed E-state index contributed by atoms with van der Waals surface area (Å²) in [5, 5.41) is 11.9. The van der Waals surface area contributed by atoms with Gasteiger partial charge in [-0.2, -0.15) is 0 Å². The largest absolute Gasteiger partial charge is 0.477 e. The lowest BCUT2D eigenvalue weighted by molar-refractivity contribution is 0.0635. The Morgan fingerprint density at radius 1 is 1.26 bits per heavy atom. The van der Waals surface area contributed by atoms with E-state index in [1.165, 1.54) is 24.3 Å². The molecule has 0 unspecified atom stereocenters. The van der Waals surface area contributed by atoms with Gasteiger partial charge in [0, 0.05) is 5.56 Å². The van der Waals surface area contributed by atoms with Crippen molar-refractivity contribution in [3.8, 4) is 10.6 Å². The van der Waals surface area contributed by atoms with Crippen molar-refractivity contribution in [3.05, 3.63) is 35.0 Å². The van der Waals surface area contributed by atoms with E-state index in [-0.39, 0.29) is 10.7 Å². The number of ether oxygens (including phenoxy) is 1. The SMILES string of the molecule is CC(C)(C)OC(=O)Nc1nc(-c2ccc(F)cc2)sc1C(=O)O. The number of hydrogen-bond donors (Lipinski definition) is 2. The molecule has 1 aromatic heterocycles. The Morgan fingerprint density at radius 2 is 1.87 bits per heavy atom. The highest BCUT2D eigenvalue weighted by Crippen LogP contribution is 2.31. The third-order valence-corrected chi connectivity index (χ3v) is 3.62. The molecule has 0 saturated carbocycles. The number of carboxylic acids is 1. The summed E-state index contributed by atoms with van der Waals surface area (Å²) in [6.45, 7) is 5.07. The smallest absolute Gasteiger partial charge is 0.413 e. The average Bonchev–Trinajstić information content (AvgIpc) is 2.81. The number of hydrogen-bond acceptors (Lipinski definition) is 5. The number of thiazole rings is 1. The van der Waals surface area contributed by atoms with E-state index in [0.717, 1.165) is 11.3 Å². The zero-order chi connectivity index (χ0) is 17.2. The van der Waals surface area contributed by atoms with Gasteiger partial charge in [-0.3, -0.25) is 5.32 Å². The summed E-state index contributed by atoms with van der Waals surface area (Å²) in [6, 6.07) is 5.46. The summed E-state index contributed by atoms with van der Waals surface area (Å²) in [4.78, 5) is 27.1. The highest BCUT2D eigenvalue weighted by molar-refractivity contribution is 7.17. The maximum absolute atomic E-state index is 13.0. The quantitative estimate of drug-likeness (QED) is 0.883. The second-order valence-corrected chi connectivity index (χ2v) is 6.63. The molecule has 0 radical (unpaired) electrons. The van der Waals surface area contributed by atoms with Crippen molar-refractivity contribution < 1.29 is 23.8 Å². The molecule has 0 saturated heterocycles. The average molecular weight is 338 g/mol. The van der Waals surface area contributed by atoms with Gasteiger partial charge >= 0.3 is 12.1 Å². The molecule has 0 aliphatic carbocycles. The molecule has 1 heterocycles. The minimum Gasteiger partial charge on any atom is -0.477 e. The molecular weight excluding hydrogens is 323 g/mol. The van der Waals surface area contributed by atoms with E-state index >= 15 is 0 Å². The summed E-state index contributed by atoms with van der Waals surface area (Å²) < 4.78 is 18.0. The third kappa shape index (κ3) is 4.49. The summed E-state index contributed by atoms with van der Waals surface area (Å²) in [5.41, 5.74) is -0.167. The van der Waals surface area contributed by atoms with E-state index in [1.807, 2.05) is 0 Å². The molecule has 0 spiro atoms. The summed E-state index contributed by atoms with van der Waals surface area (Å²) >= 11 is 0.883. The molecule has 1 amide bonds. The summed E-state index contributed by atoms with van der Waals surface area (Å²) in [7, 11) is 0. The van der Waals surface area contributed by atoms with E-state index in [9.17, 15) is 19.1 Å². The van der Waals surface area contributed by atoms with Gasteiger partial charge in [0.1, 0.15) is 16.4 Å². The van der Waals surface area contributed by atoms with E-state index in [2.05, 4.69) is 10.3 Å². The number of halogens is 1. The van der Waals surface area contributed by atoms with Crippen LogP contribution >= 0.6 is 11.3 Å². The fourth-order valence-corrected chi connectivity index (χ4v) is 2.53. The summed E-state index contributed by atoms with van der Waals surface area (Å²) in [6.07, 6.45) is -0.795. The molecule has 2 rings (SSSR count). The lowest BCUT2D eigenvalue weighted by atomic mass is 10.2. The maximum atomic E-state index is 13.0.